The molecule has 9 heteroatoms. The van der Waals surface area contributed by atoms with E-state index in [9.17, 15) is 18.0 Å². The molecule has 0 aliphatic heterocycles. The average molecular weight is 338 g/mol. The third kappa shape index (κ3) is 5.47. The van der Waals surface area contributed by atoms with Gasteiger partial charge in [-0.3, -0.25) is 14.3 Å². The molecule has 0 atom stereocenters. The summed E-state index contributed by atoms with van der Waals surface area (Å²) in [5.74, 6) is -0.769. The smallest absolute Gasteiger partial charge is 0.291 e. The highest BCUT2D eigenvalue weighted by Gasteiger charge is 2.11. The molecule has 0 aliphatic rings. The maximum Gasteiger partial charge on any atom is 0.291 e. The minimum atomic E-state index is -3.62. The molecule has 0 saturated carbocycles. The zero-order chi connectivity index (χ0) is 16.9. The van der Waals surface area contributed by atoms with Crippen molar-refractivity contribution in [3.8, 4) is 5.75 Å². The number of carbonyl (C=O) groups is 2. The summed E-state index contributed by atoms with van der Waals surface area (Å²) in [5, 5.41) is 2.60. The standard InChI is InChI=1S/C14H14N2O6S/c1-23(19,20)16-13(17)9-22-11-5-2-4-10(8-11)15-14(18)12-6-3-7-21-12/h2-8H,9H2,1H3,(H,15,18)(H,16,17). The van der Waals surface area contributed by atoms with Crippen molar-refractivity contribution in [1.29, 1.82) is 0 Å². The normalized spacial score (nSPS) is 10.8. The highest BCUT2D eigenvalue weighted by atomic mass is 32.2. The van der Waals surface area contributed by atoms with Crippen molar-refractivity contribution < 1.29 is 27.2 Å². The summed E-state index contributed by atoms with van der Waals surface area (Å²) in [6.45, 7) is -0.470. The molecule has 2 N–H and O–H groups in total. The van der Waals surface area contributed by atoms with Crippen LogP contribution in [-0.2, 0) is 14.8 Å². The Hall–Kier alpha value is -2.81. The topological polar surface area (TPSA) is 115 Å². The Morgan fingerprint density at radius 2 is 2.00 bits per heavy atom. The van der Waals surface area contributed by atoms with Crippen LogP contribution in [0, 0.1) is 0 Å². The number of benzene rings is 1. The van der Waals surface area contributed by atoms with Crippen LogP contribution in [0.1, 0.15) is 10.6 Å². The average Bonchev–Trinajstić information content (AvgIpc) is 2.98. The summed E-state index contributed by atoms with van der Waals surface area (Å²) in [6.07, 6.45) is 2.25. The zero-order valence-corrected chi connectivity index (χ0v) is 12.9. The first kappa shape index (κ1) is 16.6. The van der Waals surface area contributed by atoms with E-state index in [1.807, 2.05) is 0 Å². The second-order valence-electron chi connectivity index (χ2n) is 4.55. The van der Waals surface area contributed by atoms with Gasteiger partial charge >= 0.3 is 0 Å². The summed E-state index contributed by atoms with van der Waals surface area (Å²) in [7, 11) is -3.62. The maximum absolute atomic E-state index is 11.8. The number of hydrogen-bond acceptors (Lipinski definition) is 6. The lowest BCUT2D eigenvalue weighted by Crippen LogP contribution is -2.33. The summed E-state index contributed by atoms with van der Waals surface area (Å²) in [4.78, 5) is 23.2. The Morgan fingerprint density at radius 3 is 2.65 bits per heavy atom. The molecular formula is C14H14N2O6S. The first-order valence-corrected chi connectivity index (χ1v) is 8.31. The van der Waals surface area contributed by atoms with Crippen LogP contribution in [0.2, 0.25) is 0 Å². The quantitative estimate of drug-likeness (QED) is 0.811. The Balaban J connectivity index is 1.94. The summed E-state index contributed by atoms with van der Waals surface area (Å²) in [5.41, 5.74) is 0.437. The van der Waals surface area contributed by atoms with Crippen molar-refractivity contribution in [2.24, 2.45) is 0 Å². The highest BCUT2D eigenvalue weighted by molar-refractivity contribution is 7.89. The van der Waals surface area contributed by atoms with E-state index in [2.05, 4.69) is 5.32 Å². The fourth-order valence-corrected chi connectivity index (χ4v) is 2.12. The van der Waals surface area contributed by atoms with Crippen LogP contribution in [0.15, 0.2) is 47.1 Å². The van der Waals surface area contributed by atoms with Gasteiger partial charge in [-0.15, -0.1) is 0 Å². The molecule has 0 unspecified atom stereocenters. The van der Waals surface area contributed by atoms with Gasteiger partial charge < -0.3 is 14.5 Å². The van der Waals surface area contributed by atoms with Crippen molar-refractivity contribution in [3.05, 3.63) is 48.4 Å². The molecule has 0 aliphatic carbocycles. The maximum atomic E-state index is 11.8. The second-order valence-corrected chi connectivity index (χ2v) is 6.29. The van der Waals surface area contributed by atoms with Gasteiger partial charge in [0, 0.05) is 11.8 Å². The van der Waals surface area contributed by atoms with Crippen molar-refractivity contribution in [2.45, 2.75) is 0 Å². The van der Waals surface area contributed by atoms with Crippen LogP contribution in [0.4, 0.5) is 5.69 Å². The van der Waals surface area contributed by atoms with Gasteiger partial charge in [0.15, 0.2) is 12.4 Å². The van der Waals surface area contributed by atoms with Gasteiger partial charge in [0.05, 0.1) is 12.5 Å². The molecule has 122 valence electrons. The second kappa shape index (κ2) is 6.97. The largest absolute Gasteiger partial charge is 0.484 e. The molecular weight excluding hydrogens is 324 g/mol. The lowest BCUT2D eigenvalue weighted by atomic mass is 10.3. The van der Waals surface area contributed by atoms with Gasteiger partial charge in [-0.2, -0.15) is 0 Å². The summed E-state index contributed by atoms with van der Waals surface area (Å²) in [6, 6.07) is 9.41. The van der Waals surface area contributed by atoms with Crippen molar-refractivity contribution >= 4 is 27.5 Å². The van der Waals surface area contributed by atoms with Gasteiger partial charge in [0.25, 0.3) is 11.8 Å². The van der Waals surface area contributed by atoms with E-state index in [0.717, 1.165) is 6.26 Å². The Bertz CT molecular complexity index is 798. The van der Waals surface area contributed by atoms with Crippen molar-refractivity contribution in [2.75, 3.05) is 18.2 Å². The van der Waals surface area contributed by atoms with Crippen LogP contribution in [0.3, 0.4) is 0 Å². The van der Waals surface area contributed by atoms with Crippen molar-refractivity contribution in [1.82, 2.24) is 4.72 Å². The molecule has 8 nitrogen and oxygen atoms in total. The van der Waals surface area contributed by atoms with Gasteiger partial charge in [0.2, 0.25) is 10.0 Å². The monoisotopic (exact) mass is 338 g/mol. The predicted molar refractivity (Wildman–Crippen MR) is 81.6 cm³/mol. The molecule has 0 bridgehead atoms. The fourth-order valence-electron chi connectivity index (χ4n) is 1.65. The molecule has 1 aromatic carbocycles. The number of furan rings is 1. The molecule has 2 rings (SSSR count). The van der Waals surface area contributed by atoms with Gasteiger partial charge in [-0.05, 0) is 24.3 Å². The number of nitrogens with one attached hydrogen (secondary N) is 2. The number of amides is 2. The SMILES string of the molecule is CS(=O)(=O)NC(=O)COc1cccc(NC(=O)c2ccco2)c1. The Morgan fingerprint density at radius 1 is 1.22 bits per heavy atom. The van der Waals surface area contributed by atoms with Gasteiger partial charge in [0.1, 0.15) is 5.75 Å². The van der Waals surface area contributed by atoms with Crippen LogP contribution in [-0.4, -0.2) is 33.1 Å². The number of sulfonamides is 1. The van der Waals surface area contributed by atoms with E-state index in [1.165, 1.54) is 18.4 Å². The van der Waals surface area contributed by atoms with Gasteiger partial charge in [-0.1, -0.05) is 6.07 Å². The number of anilines is 1. The van der Waals surface area contributed by atoms with Crippen LogP contribution in [0.25, 0.3) is 0 Å². The zero-order valence-electron chi connectivity index (χ0n) is 12.1. The molecule has 1 heterocycles. The lowest BCUT2D eigenvalue weighted by molar-refractivity contribution is -0.121. The first-order valence-electron chi connectivity index (χ1n) is 6.42. The first-order chi connectivity index (χ1) is 10.8. The number of carbonyl (C=O) groups excluding carboxylic acids is 2. The molecule has 0 saturated heterocycles. The molecule has 23 heavy (non-hydrogen) atoms. The number of rotatable bonds is 6. The highest BCUT2D eigenvalue weighted by Crippen LogP contribution is 2.18. The summed E-state index contributed by atoms with van der Waals surface area (Å²) < 4.78 is 33.7. The Labute approximate surface area is 132 Å². The molecule has 0 radical (unpaired) electrons. The van der Waals surface area contributed by atoms with E-state index in [4.69, 9.17) is 9.15 Å². The fraction of sp³-hybridized carbons (Fsp3) is 0.143. The van der Waals surface area contributed by atoms with Crippen LogP contribution < -0.4 is 14.8 Å². The molecule has 0 fully saturated rings. The number of hydrogen-bond donors (Lipinski definition) is 2. The minimum absolute atomic E-state index is 0.156. The van der Waals surface area contributed by atoms with E-state index in [0.29, 0.717) is 11.4 Å². The Kier molecular flexibility index (Phi) is 5.02. The summed E-state index contributed by atoms with van der Waals surface area (Å²) >= 11 is 0. The minimum Gasteiger partial charge on any atom is -0.484 e. The van der Waals surface area contributed by atoms with E-state index in [-0.39, 0.29) is 5.76 Å². The van der Waals surface area contributed by atoms with Gasteiger partial charge in [-0.25, -0.2) is 8.42 Å². The molecule has 2 aromatic rings. The lowest BCUT2D eigenvalue weighted by Gasteiger charge is -2.08. The van der Waals surface area contributed by atoms with E-state index >= 15 is 0 Å². The number of ether oxygens (including phenoxy) is 1. The third-order valence-electron chi connectivity index (χ3n) is 2.51. The predicted octanol–water partition coefficient (Wildman–Crippen LogP) is 0.986. The van der Waals surface area contributed by atoms with Crippen LogP contribution >= 0.6 is 0 Å². The molecule has 1 aromatic heterocycles. The van der Waals surface area contributed by atoms with Crippen molar-refractivity contribution in [3.63, 3.8) is 0 Å². The third-order valence-corrected chi connectivity index (χ3v) is 3.10. The van der Waals surface area contributed by atoms with E-state index in [1.54, 1.807) is 29.0 Å². The molecule has 0 spiro atoms. The molecule has 2 amide bonds. The van der Waals surface area contributed by atoms with E-state index < -0.39 is 28.4 Å². The van der Waals surface area contributed by atoms with Crippen LogP contribution in [0.5, 0.6) is 5.75 Å².